The molecule has 3 rings (SSSR count). The first-order valence-electron chi connectivity index (χ1n) is 9.57. The first-order valence-corrected chi connectivity index (χ1v) is 9.57. The molecule has 1 aliphatic carbocycles. The van der Waals surface area contributed by atoms with Gasteiger partial charge in [-0.1, -0.05) is 50.6 Å². The molecule has 2 aromatic rings. The summed E-state index contributed by atoms with van der Waals surface area (Å²) in [5.41, 5.74) is 6.53. The van der Waals surface area contributed by atoms with Crippen LogP contribution < -0.4 is 0 Å². The van der Waals surface area contributed by atoms with Gasteiger partial charge in [0.15, 0.2) is 0 Å². The van der Waals surface area contributed by atoms with Gasteiger partial charge in [0.25, 0.3) is 0 Å². The quantitative estimate of drug-likeness (QED) is 0.604. The van der Waals surface area contributed by atoms with Crippen LogP contribution in [0, 0.1) is 11.7 Å². The predicted octanol–water partition coefficient (Wildman–Crippen LogP) is 6.08. The minimum absolute atomic E-state index is 0.0187. The fourth-order valence-electron chi connectivity index (χ4n) is 3.95. The van der Waals surface area contributed by atoms with E-state index in [-0.39, 0.29) is 5.82 Å². The number of hydrogen-bond acceptors (Lipinski definition) is 0. The Morgan fingerprint density at radius 3 is 2.54 bits per heavy atom. The largest absolute Gasteiger partial charge is 0.207 e. The fraction of sp³-hybridized carbons (Fsp3) is 0.478. The fourth-order valence-corrected chi connectivity index (χ4v) is 3.95. The van der Waals surface area contributed by atoms with E-state index >= 15 is 0 Å². The number of benzene rings is 2. The molecule has 1 atom stereocenters. The Hall–Kier alpha value is -1.63. The molecular weight excluding hydrogens is 295 g/mol. The molecule has 2 aromatic carbocycles. The molecule has 128 valence electrons. The molecule has 1 heteroatoms. The van der Waals surface area contributed by atoms with Gasteiger partial charge >= 0.3 is 0 Å². The van der Waals surface area contributed by atoms with Crippen molar-refractivity contribution < 1.29 is 4.39 Å². The van der Waals surface area contributed by atoms with Gasteiger partial charge in [0, 0.05) is 0 Å². The number of halogens is 1. The number of rotatable bonds is 6. The van der Waals surface area contributed by atoms with Crippen LogP contribution >= 0.6 is 0 Å². The molecule has 0 fully saturated rings. The molecule has 24 heavy (non-hydrogen) atoms. The Labute approximate surface area is 146 Å². The number of aryl methyl sites for hydroxylation is 4. The third kappa shape index (κ3) is 4.06. The lowest BCUT2D eigenvalue weighted by molar-refractivity contribution is 0.423. The molecule has 0 bridgehead atoms. The van der Waals surface area contributed by atoms with Gasteiger partial charge in [0.05, 0.1) is 0 Å². The molecule has 0 spiro atoms. The van der Waals surface area contributed by atoms with Crippen molar-refractivity contribution in [2.24, 2.45) is 5.92 Å². The van der Waals surface area contributed by atoms with E-state index in [0.29, 0.717) is 5.92 Å². The summed E-state index contributed by atoms with van der Waals surface area (Å²) in [5, 5.41) is 0. The lowest BCUT2D eigenvalue weighted by Crippen LogP contribution is -2.15. The molecule has 0 N–H and O–H groups in total. The zero-order valence-electron chi connectivity index (χ0n) is 15.1. The molecular formula is C23H29F. The van der Waals surface area contributed by atoms with E-state index in [1.54, 1.807) is 11.6 Å². The first-order chi connectivity index (χ1) is 11.7. The van der Waals surface area contributed by atoms with Gasteiger partial charge in [0.2, 0.25) is 0 Å². The molecule has 0 heterocycles. The normalized spacial score (nSPS) is 16.9. The summed E-state index contributed by atoms with van der Waals surface area (Å²) < 4.78 is 14.1. The van der Waals surface area contributed by atoms with Crippen molar-refractivity contribution in [2.45, 2.75) is 65.2 Å². The number of hydrogen-bond donors (Lipinski definition) is 0. The molecule has 0 aliphatic heterocycles. The highest BCUT2D eigenvalue weighted by molar-refractivity contribution is 5.34. The van der Waals surface area contributed by atoms with Crippen molar-refractivity contribution in [2.75, 3.05) is 0 Å². The number of fused-ring (bicyclic) bond motifs is 1. The zero-order valence-corrected chi connectivity index (χ0v) is 15.1. The molecule has 0 radical (unpaired) electrons. The highest BCUT2D eigenvalue weighted by atomic mass is 19.1. The summed E-state index contributed by atoms with van der Waals surface area (Å²) in [6.07, 6.45) is 8.86. The molecule has 1 unspecified atom stereocenters. The highest BCUT2D eigenvalue weighted by Gasteiger charge is 2.19. The van der Waals surface area contributed by atoms with Gasteiger partial charge in [-0.15, -0.1) is 0 Å². The molecule has 0 nitrogen and oxygen atoms in total. The van der Waals surface area contributed by atoms with E-state index in [1.165, 1.54) is 36.8 Å². The summed E-state index contributed by atoms with van der Waals surface area (Å²) >= 11 is 0. The van der Waals surface area contributed by atoms with E-state index in [2.05, 4.69) is 38.1 Å². The highest BCUT2D eigenvalue weighted by Crippen LogP contribution is 2.30. The maximum Gasteiger partial charge on any atom is 0.126 e. The van der Waals surface area contributed by atoms with Crippen molar-refractivity contribution in [3.05, 3.63) is 70.0 Å². The van der Waals surface area contributed by atoms with Gasteiger partial charge in [-0.2, -0.15) is 0 Å². The van der Waals surface area contributed by atoms with Crippen molar-refractivity contribution in [3.63, 3.8) is 0 Å². The smallest absolute Gasteiger partial charge is 0.126 e. The van der Waals surface area contributed by atoms with Crippen LogP contribution in [0.4, 0.5) is 4.39 Å². The maximum absolute atomic E-state index is 14.1. The minimum atomic E-state index is -0.0187. The molecule has 0 aromatic heterocycles. The molecule has 0 saturated heterocycles. The van der Waals surface area contributed by atoms with Gasteiger partial charge in [-0.25, -0.2) is 4.39 Å². The topological polar surface area (TPSA) is 0 Å². The first kappa shape index (κ1) is 17.2. The van der Waals surface area contributed by atoms with Crippen LogP contribution in [0.1, 0.15) is 60.9 Å². The zero-order chi connectivity index (χ0) is 16.9. The van der Waals surface area contributed by atoms with Crippen LogP contribution in [0.5, 0.6) is 0 Å². The van der Waals surface area contributed by atoms with Crippen LogP contribution in [-0.2, 0) is 32.1 Å². The van der Waals surface area contributed by atoms with Gasteiger partial charge in [-0.3, -0.25) is 0 Å². The Morgan fingerprint density at radius 1 is 0.958 bits per heavy atom. The Morgan fingerprint density at radius 2 is 1.79 bits per heavy atom. The van der Waals surface area contributed by atoms with E-state index in [4.69, 9.17) is 0 Å². The third-order valence-electron chi connectivity index (χ3n) is 5.49. The summed E-state index contributed by atoms with van der Waals surface area (Å²) in [5.74, 6) is 0.676. The standard InChI is InChI=1S/C23H29F/c1-3-5-18-8-12-22-15-19(9-13-21(22)14-18)7-11-20-10-6-17(4-2)16-23(20)24/h6,8,10,12,14,16,19H,3-5,7,9,11,13,15H2,1-2H3. The van der Waals surface area contributed by atoms with Crippen LogP contribution in [0.2, 0.25) is 0 Å². The third-order valence-corrected chi connectivity index (χ3v) is 5.49. The van der Waals surface area contributed by atoms with Gasteiger partial charge in [0.1, 0.15) is 5.82 Å². The van der Waals surface area contributed by atoms with Crippen LogP contribution in [0.25, 0.3) is 0 Å². The van der Waals surface area contributed by atoms with E-state index in [1.807, 2.05) is 6.07 Å². The second kappa shape index (κ2) is 7.96. The Bertz CT molecular complexity index is 686. The van der Waals surface area contributed by atoms with Crippen molar-refractivity contribution in [3.8, 4) is 0 Å². The van der Waals surface area contributed by atoms with Crippen LogP contribution in [0.15, 0.2) is 36.4 Å². The molecule has 0 saturated carbocycles. The average molecular weight is 324 g/mol. The minimum Gasteiger partial charge on any atom is -0.207 e. The Kier molecular flexibility index (Phi) is 5.71. The molecule has 1 aliphatic rings. The average Bonchev–Trinajstić information content (AvgIpc) is 2.60. The SMILES string of the molecule is CCCc1ccc2c(c1)CCC(CCc1ccc(CC)cc1F)C2. The Balaban J connectivity index is 1.60. The summed E-state index contributed by atoms with van der Waals surface area (Å²) in [6.45, 7) is 4.31. The lowest BCUT2D eigenvalue weighted by Gasteiger charge is -2.25. The maximum atomic E-state index is 14.1. The summed E-state index contributed by atoms with van der Waals surface area (Å²) in [7, 11) is 0. The van der Waals surface area contributed by atoms with E-state index in [0.717, 1.165) is 36.8 Å². The lowest BCUT2D eigenvalue weighted by atomic mass is 9.80. The van der Waals surface area contributed by atoms with Gasteiger partial charge < -0.3 is 0 Å². The monoisotopic (exact) mass is 324 g/mol. The second-order valence-electron chi connectivity index (χ2n) is 7.28. The van der Waals surface area contributed by atoms with E-state index < -0.39 is 0 Å². The summed E-state index contributed by atoms with van der Waals surface area (Å²) in [4.78, 5) is 0. The second-order valence-corrected chi connectivity index (χ2v) is 7.28. The van der Waals surface area contributed by atoms with E-state index in [9.17, 15) is 4.39 Å². The van der Waals surface area contributed by atoms with Crippen molar-refractivity contribution in [1.82, 2.24) is 0 Å². The van der Waals surface area contributed by atoms with Crippen molar-refractivity contribution in [1.29, 1.82) is 0 Å². The van der Waals surface area contributed by atoms with Crippen LogP contribution in [0.3, 0.4) is 0 Å². The molecule has 0 amide bonds. The summed E-state index contributed by atoms with van der Waals surface area (Å²) in [6, 6.07) is 12.8. The van der Waals surface area contributed by atoms with Crippen molar-refractivity contribution >= 4 is 0 Å². The van der Waals surface area contributed by atoms with Crippen LogP contribution in [-0.4, -0.2) is 0 Å². The van der Waals surface area contributed by atoms with Gasteiger partial charge in [-0.05, 0) is 84.7 Å². The predicted molar refractivity (Wildman–Crippen MR) is 100 cm³/mol.